The Balaban J connectivity index is 1.91. The van der Waals surface area contributed by atoms with Crippen molar-refractivity contribution in [2.45, 2.75) is 45.6 Å². The van der Waals surface area contributed by atoms with E-state index in [1.54, 1.807) is 4.68 Å². The molecular formula is C16H23N7O. The minimum atomic E-state index is -0.250. The highest BCUT2D eigenvalue weighted by Gasteiger charge is 2.27. The zero-order valence-electron chi connectivity index (χ0n) is 14.3. The van der Waals surface area contributed by atoms with Gasteiger partial charge in [-0.3, -0.25) is 9.48 Å². The predicted molar refractivity (Wildman–Crippen MR) is 89.1 cm³/mol. The lowest BCUT2D eigenvalue weighted by molar-refractivity contribution is 0.0915. The number of nitrogens with zero attached hydrogens (tertiary/aromatic N) is 5. The highest BCUT2D eigenvalue weighted by Crippen LogP contribution is 2.24. The van der Waals surface area contributed by atoms with Gasteiger partial charge in [0.1, 0.15) is 17.8 Å². The first-order chi connectivity index (χ1) is 11.5. The van der Waals surface area contributed by atoms with Crippen LogP contribution in [0.3, 0.4) is 0 Å². The average molecular weight is 329 g/mol. The first-order valence-corrected chi connectivity index (χ1v) is 8.27. The van der Waals surface area contributed by atoms with Crippen molar-refractivity contribution < 1.29 is 4.79 Å². The Bertz CT molecular complexity index is 753. The van der Waals surface area contributed by atoms with Gasteiger partial charge in [-0.05, 0) is 31.6 Å². The molecule has 1 atom stereocenters. The molecule has 2 aromatic heterocycles. The topological polar surface area (TPSA) is 112 Å². The molecular weight excluding hydrogens is 306 g/mol. The fraction of sp³-hybridized carbons (Fsp3) is 0.562. The molecule has 0 aromatic carbocycles. The monoisotopic (exact) mass is 329 g/mol. The molecule has 0 saturated heterocycles. The van der Waals surface area contributed by atoms with Crippen molar-refractivity contribution in [1.82, 2.24) is 30.0 Å². The maximum absolute atomic E-state index is 12.9. The normalized spacial score (nSPS) is 15.2. The minimum absolute atomic E-state index is 0.153. The maximum Gasteiger partial charge on any atom is 0.270 e. The molecule has 8 heteroatoms. The number of aryl methyl sites for hydroxylation is 2. The number of rotatable bonds is 4. The van der Waals surface area contributed by atoms with E-state index in [2.05, 4.69) is 25.4 Å². The third kappa shape index (κ3) is 3.08. The Morgan fingerprint density at radius 3 is 2.71 bits per heavy atom. The summed E-state index contributed by atoms with van der Waals surface area (Å²) in [6, 6.07) is -0.250. The van der Waals surface area contributed by atoms with Crippen molar-refractivity contribution in [3.63, 3.8) is 0 Å². The van der Waals surface area contributed by atoms with Gasteiger partial charge in [0, 0.05) is 18.3 Å². The van der Waals surface area contributed by atoms with Crippen molar-refractivity contribution in [2.75, 3.05) is 5.73 Å². The summed E-state index contributed by atoms with van der Waals surface area (Å²) in [5.41, 5.74) is 8.02. The Kier molecular flexibility index (Phi) is 4.46. The highest BCUT2D eigenvalue weighted by atomic mass is 16.2. The zero-order chi connectivity index (χ0) is 17.3. The van der Waals surface area contributed by atoms with E-state index in [1.807, 2.05) is 20.9 Å². The van der Waals surface area contributed by atoms with Crippen molar-refractivity contribution >= 4 is 11.9 Å². The maximum atomic E-state index is 12.9. The molecule has 2 aromatic rings. The van der Waals surface area contributed by atoms with Crippen molar-refractivity contribution in [1.29, 1.82) is 0 Å². The minimum Gasteiger partial charge on any atom is -0.368 e. The van der Waals surface area contributed by atoms with Gasteiger partial charge in [0.2, 0.25) is 5.95 Å². The van der Waals surface area contributed by atoms with Gasteiger partial charge in [0.25, 0.3) is 5.91 Å². The summed E-state index contributed by atoms with van der Waals surface area (Å²) >= 11 is 0. The van der Waals surface area contributed by atoms with Gasteiger partial charge in [-0.1, -0.05) is 13.8 Å². The number of hydrogen-bond acceptors (Lipinski definition) is 6. The second-order valence-corrected chi connectivity index (χ2v) is 6.50. The van der Waals surface area contributed by atoms with Gasteiger partial charge in [0.15, 0.2) is 0 Å². The van der Waals surface area contributed by atoms with E-state index < -0.39 is 0 Å². The van der Waals surface area contributed by atoms with Crippen LogP contribution in [0.4, 0.5) is 5.95 Å². The Morgan fingerprint density at radius 1 is 1.29 bits per heavy atom. The molecule has 2 heterocycles. The molecule has 0 fully saturated rings. The van der Waals surface area contributed by atoms with Crippen LogP contribution in [0.25, 0.3) is 0 Å². The molecule has 0 radical (unpaired) electrons. The second-order valence-electron chi connectivity index (χ2n) is 6.50. The van der Waals surface area contributed by atoms with Crippen LogP contribution in [-0.4, -0.2) is 30.6 Å². The number of carbonyl (C=O) groups excluding carboxylic acids is 1. The molecule has 128 valence electrons. The fourth-order valence-electron chi connectivity index (χ4n) is 3.13. The van der Waals surface area contributed by atoms with Crippen LogP contribution in [0.15, 0.2) is 6.33 Å². The summed E-state index contributed by atoms with van der Waals surface area (Å²) in [5.74, 6) is 0.797. The number of anilines is 1. The van der Waals surface area contributed by atoms with E-state index >= 15 is 0 Å². The molecule has 0 saturated carbocycles. The molecule has 3 N–H and O–H groups in total. The summed E-state index contributed by atoms with van der Waals surface area (Å²) < 4.78 is 1.68. The molecule has 0 spiro atoms. The van der Waals surface area contributed by atoms with Crippen LogP contribution in [0.1, 0.15) is 60.3 Å². The van der Waals surface area contributed by atoms with E-state index in [1.165, 1.54) is 6.33 Å². The summed E-state index contributed by atoms with van der Waals surface area (Å²) in [5, 5.41) is 7.14. The lowest BCUT2D eigenvalue weighted by Gasteiger charge is -2.23. The Morgan fingerprint density at radius 2 is 2.04 bits per heavy atom. The van der Waals surface area contributed by atoms with Gasteiger partial charge >= 0.3 is 0 Å². The number of amides is 1. The highest BCUT2D eigenvalue weighted by molar-refractivity contribution is 5.94. The predicted octanol–water partition coefficient (Wildman–Crippen LogP) is 1.19. The standard InChI is InChI=1S/C16H23N7O/c1-9(2)12(14-18-8-19-23(14)3)21-15(24)13-10-6-4-5-7-11(10)20-16(17)22-13/h8-9,12H,4-7H2,1-3H3,(H,21,24)(H2,17,20,22)/t12-/m1/s1. The molecule has 0 aliphatic heterocycles. The molecule has 0 bridgehead atoms. The number of nitrogens with two attached hydrogens (primary N) is 1. The molecule has 24 heavy (non-hydrogen) atoms. The van der Waals surface area contributed by atoms with E-state index in [-0.39, 0.29) is 23.8 Å². The van der Waals surface area contributed by atoms with Gasteiger partial charge in [0.05, 0.1) is 6.04 Å². The molecule has 1 aliphatic rings. The van der Waals surface area contributed by atoms with Crippen LogP contribution < -0.4 is 11.1 Å². The van der Waals surface area contributed by atoms with E-state index in [0.717, 1.165) is 36.9 Å². The lowest BCUT2D eigenvalue weighted by Crippen LogP contribution is -2.35. The first-order valence-electron chi connectivity index (χ1n) is 8.27. The van der Waals surface area contributed by atoms with Crippen molar-refractivity contribution in [3.8, 4) is 0 Å². The number of nitrogens with one attached hydrogen (secondary N) is 1. The van der Waals surface area contributed by atoms with Gasteiger partial charge in [-0.15, -0.1) is 0 Å². The van der Waals surface area contributed by atoms with E-state index in [0.29, 0.717) is 11.5 Å². The smallest absolute Gasteiger partial charge is 0.270 e. The Labute approximate surface area is 140 Å². The van der Waals surface area contributed by atoms with Gasteiger partial charge in [-0.25, -0.2) is 15.0 Å². The third-order valence-electron chi connectivity index (χ3n) is 4.39. The quantitative estimate of drug-likeness (QED) is 0.871. The van der Waals surface area contributed by atoms with Crippen LogP contribution in [0.5, 0.6) is 0 Å². The number of hydrogen-bond donors (Lipinski definition) is 2. The largest absolute Gasteiger partial charge is 0.368 e. The van der Waals surface area contributed by atoms with Gasteiger partial charge in [-0.2, -0.15) is 5.10 Å². The molecule has 1 amide bonds. The Hall–Kier alpha value is -2.51. The summed E-state index contributed by atoms with van der Waals surface area (Å²) in [4.78, 5) is 25.7. The van der Waals surface area contributed by atoms with Crippen LogP contribution in [0, 0.1) is 5.92 Å². The molecule has 1 aliphatic carbocycles. The van der Waals surface area contributed by atoms with Crippen LogP contribution in [0.2, 0.25) is 0 Å². The van der Waals surface area contributed by atoms with E-state index in [4.69, 9.17) is 5.73 Å². The summed E-state index contributed by atoms with van der Waals surface area (Å²) in [6.07, 6.45) is 5.25. The number of fused-ring (bicyclic) bond motifs is 1. The number of carbonyl (C=O) groups is 1. The van der Waals surface area contributed by atoms with Crippen LogP contribution in [-0.2, 0) is 19.9 Å². The lowest BCUT2D eigenvalue weighted by atomic mass is 9.94. The molecule has 8 nitrogen and oxygen atoms in total. The number of aromatic nitrogens is 5. The van der Waals surface area contributed by atoms with Gasteiger partial charge < -0.3 is 11.1 Å². The fourth-order valence-corrected chi connectivity index (χ4v) is 3.13. The van der Waals surface area contributed by atoms with E-state index in [9.17, 15) is 4.79 Å². The third-order valence-corrected chi connectivity index (χ3v) is 4.39. The van der Waals surface area contributed by atoms with Crippen molar-refractivity contribution in [3.05, 3.63) is 29.1 Å². The SMILES string of the molecule is CC(C)[C@@H](NC(=O)c1nc(N)nc2c1CCCC2)c1ncnn1C. The van der Waals surface area contributed by atoms with Crippen molar-refractivity contribution in [2.24, 2.45) is 13.0 Å². The summed E-state index contributed by atoms with van der Waals surface area (Å²) in [6.45, 7) is 4.06. The molecule has 3 rings (SSSR count). The van der Waals surface area contributed by atoms with Crippen LogP contribution >= 0.6 is 0 Å². The number of nitrogen functional groups attached to an aromatic ring is 1. The average Bonchev–Trinajstić information content (AvgIpc) is 2.97. The second kappa shape index (κ2) is 6.54. The summed E-state index contributed by atoms with van der Waals surface area (Å²) in [7, 11) is 1.81. The first kappa shape index (κ1) is 16.4. The zero-order valence-corrected chi connectivity index (χ0v) is 14.3. The molecule has 0 unspecified atom stereocenters.